The summed E-state index contributed by atoms with van der Waals surface area (Å²) < 4.78 is 5.25. The molecule has 21 heavy (non-hydrogen) atoms. The summed E-state index contributed by atoms with van der Waals surface area (Å²) in [6.45, 7) is 8.74. The molecule has 1 aliphatic heterocycles. The molecule has 4 nitrogen and oxygen atoms in total. The molecule has 1 amide bonds. The van der Waals surface area contributed by atoms with Gasteiger partial charge in [-0.2, -0.15) is 0 Å². The molecule has 1 heterocycles. The maximum Gasteiger partial charge on any atom is 0.224 e. The summed E-state index contributed by atoms with van der Waals surface area (Å²) in [5.74, 6) is 0.791. The van der Waals surface area contributed by atoms with Gasteiger partial charge in [0.25, 0.3) is 0 Å². The summed E-state index contributed by atoms with van der Waals surface area (Å²) in [4.78, 5) is 13.9. The van der Waals surface area contributed by atoms with Gasteiger partial charge in [-0.25, -0.2) is 0 Å². The van der Waals surface area contributed by atoms with E-state index in [1.54, 1.807) is 0 Å². The van der Waals surface area contributed by atoms with E-state index in [1.165, 1.54) is 11.1 Å². The molecule has 4 heteroatoms. The van der Waals surface area contributed by atoms with Crippen molar-refractivity contribution in [3.8, 4) is 0 Å². The molecular formula is C17H26N2O2. The molecule has 0 saturated carbocycles. The maximum atomic E-state index is 12.0. The number of morpholine rings is 1. The molecule has 1 N–H and O–H groups in total. The van der Waals surface area contributed by atoms with Gasteiger partial charge in [-0.3, -0.25) is 4.79 Å². The molecule has 0 spiro atoms. The van der Waals surface area contributed by atoms with Gasteiger partial charge in [0, 0.05) is 32.6 Å². The van der Waals surface area contributed by atoms with Crippen LogP contribution in [0.4, 0.5) is 0 Å². The van der Waals surface area contributed by atoms with E-state index in [4.69, 9.17) is 4.74 Å². The van der Waals surface area contributed by atoms with Gasteiger partial charge in [-0.05, 0) is 17.0 Å². The summed E-state index contributed by atoms with van der Waals surface area (Å²) >= 11 is 0. The minimum Gasteiger partial charge on any atom is -0.378 e. The number of amides is 1. The topological polar surface area (TPSA) is 41.6 Å². The highest BCUT2D eigenvalue weighted by Gasteiger charge is 2.15. The van der Waals surface area contributed by atoms with Crippen molar-refractivity contribution in [1.29, 1.82) is 0 Å². The molecule has 0 radical (unpaired) electrons. The quantitative estimate of drug-likeness (QED) is 0.816. The third kappa shape index (κ3) is 5.14. The van der Waals surface area contributed by atoms with Crippen molar-refractivity contribution in [2.75, 3.05) is 32.8 Å². The first kappa shape index (κ1) is 16.0. The Labute approximate surface area is 127 Å². The third-order valence-corrected chi connectivity index (χ3v) is 3.85. The Kier molecular flexibility index (Phi) is 6.21. The summed E-state index contributed by atoms with van der Waals surface area (Å²) in [6.07, 6.45) is 0.560. The van der Waals surface area contributed by atoms with E-state index in [-0.39, 0.29) is 5.91 Å². The summed E-state index contributed by atoms with van der Waals surface area (Å²) in [7, 11) is 0. The van der Waals surface area contributed by atoms with Crippen LogP contribution in [0, 0.1) is 0 Å². The molecular weight excluding hydrogens is 264 g/mol. The highest BCUT2D eigenvalue weighted by Crippen LogP contribution is 2.14. The summed E-state index contributed by atoms with van der Waals surface area (Å²) in [5, 5.41) is 3.34. The minimum absolute atomic E-state index is 0.223. The maximum absolute atomic E-state index is 12.0. The molecule has 0 unspecified atom stereocenters. The molecule has 1 aromatic rings. The Morgan fingerprint density at radius 2 is 1.90 bits per heavy atom. The molecule has 1 fully saturated rings. The number of carbonyl (C=O) groups is 1. The number of nitrogens with zero attached hydrogens (tertiary/aromatic N) is 1. The number of carbonyl (C=O) groups excluding carboxylic acids is 1. The lowest BCUT2D eigenvalue weighted by Gasteiger charge is -2.26. The van der Waals surface area contributed by atoms with Crippen LogP contribution >= 0.6 is 0 Å². The highest BCUT2D eigenvalue weighted by atomic mass is 16.5. The lowest BCUT2D eigenvalue weighted by atomic mass is 10.0. The van der Waals surface area contributed by atoms with Crippen LogP contribution in [0.5, 0.6) is 0 Å². The number of nitrogens with one attached hydrogen (secondary N) is 1. The van der Waals surface area contributed by atoms with Gasteiger partial charge < -0.3 is 15.0 Å². The van der Waals surface area contributed by atoms with Crippen LogP contribution in [-0.4, -0.2) is 43.7 Å². The van der Waals surface area contributed by atoms with Crippen LogP contribution in [0.15, 0.2) is 24.3 Å². The van der Waals surface area contributed by atoms with Gasteiger partial charge in [0.2, 0.25) is 5.91 Å². The second-order valence-electron chi connectivity index (χ2n) is 5.82. The van der Waals surface area contributed by atoms with Crippen molar-refractivity contribution in [2.24, 2.45) is 0 Å². The Morgan fingerprint density at radius 1 is 1.24 bits per heavy atom. The first-order valence-corrected chi connectivity index (χ1v) is 7.82. The largest absolute Gasteiger partial charge is 0.378 e. The van der Waals surface area contributed by atoms with E-state index in [0.29, 0.717) is 25.6 Å². The molecule has 1 saturated heterocycles. The fraction of sp³-hybridized carbons (Fsp3) is 0.588. The zero-order valence-corrected chi connectivity index (χ0v) is 13.1. The summed E-state index contributed by atoms with van der Waals surface area (Å²) in [6, 6.07) is 8.68. The zero-order chi connectivity index (χ0) is 15.1. The second kappa shape index (κ2) is 8.15. The highest BCUT2D eigenvalue weighted by molar-refractivity contribution is 5.76. The van der Waals surface area contributed by atoms with Crippen molar-refractivity contribution in [1.82, 2.24) is 10.2 Å². The Morgan fingerprint density at radius 3 is 2.52 bits per heavy atom. The van der Waals surface area contributed by atoms with Gasteiger partial charge in [0.1, 0.15) is 0 Å². The van der Waals surface area contributed by atoms with Crippen molar-refractivity contribution < 1.29 is 9.53 Å². The standard InChI is InChI=1S/C17H26N2O2/c1-14(2)16-5-3-15(4-6-16)13-18-8-7-17(20)19-9-11-21-12-10-19/h3-6,14,18H,7-13H2,1-2H3. The van der Waals surface area contributed by atoms with E-state index in [9.17, 15) is 4.79 Å². The number of benzene rings is 1. The molecule has 1 aliphatic rings. The Bertz CT molecular complexity index is 437. The second-order valence-corrected chi connectivity index (χ2v) is 5.82. The predicted octanol–water partition coefficient (Wildman–Crippen LogP) is 2.15. The lowest BCUT2D eigenvalue weighted by Crippen LogP contribution is -2.41. The monoisotopic (exact) mass is 290 g/mol. The van der Waals surface area contributed by atoms with Gasteiger partial charge in [0.05, 0.1) is 13.2 Å². The van der Waals surface area contributed by atoms with Crippen LogP contribution < -0.4 is 5.32 Å². The first-order valence-electron chi connectivity index (χ1n) is 7.82. The fourth-order valence-corrected chi connectivity index (χ4v) is 2.42. The SMILES string of the molecule is CC(C)c1ccc(CNCCC(=O)N2CCOCC2)cc1. The zero-order valence-electron chi connectivity index (χ0n) is 13.1. The number of hydrogen-bond donors (Lipinski definition) is 1. The molecule has 0 atom stereocenters. The van der Waals surface area contributed by atoms with Gasteiger partial charge in [-0.1, -0.05) is 38.1 Å². The Balaban J connectivity index is 1.66. The number of rotatable bonds is 6. The summed E-state index contributed by atoms with van der Waals surface area (Å²) in [5.41, 5.74) is 2.62. The van der Waals surface area contributed by atoms with Crippen LogP contribution in [0.2, 0.25) is 0 Å². The van der Waals surface area contributed by atoms with Crippen molar-refractivity contribution in [3.05, 3.63) is 35.4 Å². The smallest absolute Gasteiger partial charge is 0.224 e. The van der Waals surface area contributed by atoms with Crippen LogP contribution in [-0.2, 0) is 16.1 Å². The van der Waals surface area contributed by atoms with E-state index in [0.717, 1.165) is 26.2 Å². The minimum atomic E-state index is 0.223. The van der Waals surface area contributed by atoms with Gasteiger partial charge in [0.15, 0.2) is 0 Å². The number of hydrogen-bond acceptors (Lipinski definition) is 3. The van der Waals surface area contributed by atoms with Gasteiger partial charge >= 0.3 is 0 Å². The van der Waals surface area contributed by atoms with Crippen LogP contribution in [0.3, 0.4) is 0 Å². The molecule has 0 aromatic heterocycles. The van der Waals surface area contributed by atoms with Crippen molar-refractivity contribution in [2.45, 2.75) is 32.7 Å². The third-order valence-electron chi connectivity index (χ3n) is 3.85. The van der Waals surface area contributed by atoms with E-state index < -0.39 is 0 Å². The number of ether oxygens (including phenoxy) is 1. The molecule has 1 aromatic carbocycles. The molecule has 2 rings (SSSR count). The lowest BCUT2D eigenvalue weighted by molar-refractivity contribution is -0.135. The first-order chi connectivity index (χ1) is 10.2. The average Bonchev–Trinajstić information content (AvgIpc) is 2.52. The van der Waals surface area contributed by atoms with Crippen LogP contribution in [0.1, 0.15) is 37.3 Å². The average molecular weight is 290 g/mol. The fourth-order valence-electron chi connectivity index (χ4n) is 2.42. The van der Waals surface area contributed by atoms with Crippen LogP contribution in [0.25, 0.3) is 0 Å². The van der Waals surface area contributed by atoms with Crippen molar-refractivity contribution >= 4 is 5.91 Å². The van der Waals surface area contributed by atoms with E-state index in [2.05, 4.69) is 43.4 Å². The van der Waals surface area contributed by atoms with E-state index in [1.807, 2.05) is 4.90 Å². The Hall–Kier alpha value is -1.39. The molecule has 116 valence electrons. The normalized spacial score (nSPS) is 15.5. The molecule has 0 bridgehead atoms. The predicted molar refractivity (Wildman–Crippen MR) is 84.3 cm³/mol. The van der Waals surface area contributed by atoms with Gasteiger partial charge in [-0.15, -0.1) is 0 Å². The van der Waals surface area contributed by atoms with E-state index >= 15 is 0 Å². The van der Waals surface area contributed by atoms with Crippen molar-refractivity contribution in [3.63, 3.8) is 0 Å². The molecule has 0 aliphatic carbocycles.